The fourth-order valence-electron chi connectivity index (χ4n) is 1.03. The van der Waals surface area contributed by atoms with E-state index in [0.29, 0.717) is 5.37 Å². The van der Waals surface area contributed by atoms with Gasteiger partial charge in [0.15, 0.2) is 0 Å². The largest absolute Gasteiger partial charge is 0.378 e. The van der Waals surface area contributed by atoms with E-state index in [0.717, 1.165) is 0 Å². The van der Waals surface area contributed by atoms with Gasteiger partial charge in [-0.15, -0.1) is 11.8 Å². The fraction of sp³-hybridized carbons (Fsp3) is 0.750. The van der Waals surface area contributed by atoms with Gasteiger partial charge in [-0.25, -0.2) is 0 Å². The third kappa shape index (κ3) is 2.25. The van der Waals surface area contributed by atoms with E-state index in [9.17, 15) is 0 Å². The summed E-state index contributed by atoms with van der Waals surface area (Å²) in [5, 5.41) is 4.01. The molecular weight excluding hydrogens is 142 g/mol. The van der Waals surface area contributed by atoms with E-state index in [1.807, 2.05) is 11.8 Å². The molecule has 0 aromatic heterocycles. The highest BCUT2D eigenvalue weighted by molar-refractivity contribution is 8.03. The van der Waals surface area contributed by atoms with Crippen LogP contribution in [0.1, 0.15) is 33.1 Å². The summed E-state index contributed by atoms with van der Waals surface area (Å²) in [5.41, 5.74) is 0. The molecule has 0 aromatic carbocycles. The van der Waals surface area contributed by atoms with Gasteiger partial charge in [-0.3, -0.25) is 0 Å². The monoisotopic (exact) mass is 157 g/mol. The summed E-state index contributed by atoms with van der Waals surface area (Å²) in [4.78, 5) is 1.42. The molecule has 1 unspecified atom stereocenters. The lowest BCUT2D eigenvalue weighted by molar-refractivity contribution is 0.654. The van der Waals surface area contributed by atoms with Gasteiger partial charge in [-0.2, -0.15) is 0 Å². The second kappa shape index (κ2) is 3.91. The Labute approximate surface area is 67.3 Å². The van der Waals surface area contributed by atoms with Crippen LogP contribution in [0.2, 0.25) is 0 Å². The Kier molecular flexibility index (Phi) is 3.13. The van der Waals surface area contributed by atoms with Gasteiger partial charge >= 0.3 is 0 Å². The van der Waals surface area contributed by atoms with Crippen LogP contribution >= 0.6 is 11.8 Å². The van der Waals surface area contributed by atoms with Crippen LogP contribution in [0.25, 0.3) is 0 Å². The number of hydrogen-bond donors (Lipinski definition) is 1. The Morgan fingerprint density at radius 3 is 3.00 bits per heavy atom. The van der Waals surface area contributed by atoms with Crippen LogP contribution in [0.4, 0.5) is 0 Å². The average Bonchev–Trinajstić information content (AvgIpc) is 2.31. The molecule has 0 bridgehead atoms. The maximum atomic E-state index is 3.34. The SMILES string of the molecule is CCCCC1NC=C(C)S1. The molecule has 58 valence electrons. The van der Waals surface area contributed by atoms with Gasteiger partial charge < -0.3 is 5.32 Å². The van der Waals surface area contributed by atoms with E-state index >= 15 is 0 Å². The number of hydrogen-bond acceptors (Lipinski definition) is 2. The molecular formula is C8H15NS. The van der Waals surface area contributed by atoms with Gasteiger partial charge in [0, 0.05) is 6.20 Å². The van der Waals surface area contributed by atoms with Crippen molar-refractivity contribution < 1.29 is 0 Å². The summed E-state index contributed by atoms with van der Waals surface area (Å²) in [6, 6.07) is 0. The molecule has 1 atom stereocenters. The molecule has 1 nitrogen and oxygen atoms in total. The van der Waals surface area contributed by atoms with Gasteiger partial charge in [0.25, 0.3) is 0 Å². The van der Waals surface area contributed by atoms with E-state index in [1.165, 1.54) is 24.2 Å². The van der Waals surface area contributed by atoms with Gasteiger partial charge in [-0.05, 0) is 18.2 Å². The van der Waals surface area contributed by atoms with Crippen LogP contribution in [0, 0.1) is 0 Å². The fourth-order valence-corrected chi connectivity index (χ4v) is 2.04. The van der Waals surface area contributed by atoms with Gasteiger partial charge in [0.2, 0.25) is 0 Å². The number of allylic oxidation sites excluding steroid dienone is 1. The van der Waals surface area contributed by atoms with Crippen molar-refractivity contribution in [2.24, 2.45) is 0 Å². The zero-order valence-corrected chi connectivity index (χ0v) is 7.50. The van der Waals surface area contributed by atoms with Crippen LogP contribution in [-0.4, -0.2) is 5.37 Å². The minimum atomic E-state index is 0.667. The third-order valence-corrected chi connectivity index (χ3v) is 2.77. The molecule has 1 heterocycles. The Hall–Kier alpha value is -0.110. The van der Waals surface area contributed by atoms with Gasteiger partial charge in [0.1, 0.15) is 0 Å². The highest BCUT2D eigenvalue weighted by Crippen LogP contribution is 2.27. The molecule has 2 heteroatoms. The number of nitrogens with one attached hydrogen (secondary N) is 1. The molecule has 0 saturated heterocycles. The van der Waals surface area contributed by atoms with Crippen molar-refractivity contribution in [3.63, 3.8) is 0 Å². The summed E-state index contributed by atoms with van der Waals surface area (Å²) in [5.74, 6) is 0. The Bertz CT molecular complexity index is 131. The lowest BCUT2D eigenvalue weighted by atomic mass is 10.2. The van der Waals surface area contributed by atoms with Crippen LogP contribution in [-0.2, 0) is 0 Å². The number of thioether (sulfide) groups is 1. The lowest BCUT2D eigenvalue weighted by Gasteiger charge is -2.08. The van der Waals surface area contributed by atoms with Crippen LogP contribution in [0.3, 0.4) is 0 Å². The molecule has 0 fully saturated rings. The maximum Gasteiger partial charge on any atom is 0.0761 e. The van der Waals surface area contributed by atoms with Crippen molar-refractivity contribution in [1.82, 2.24) is 5.32 Å². The first-order chi connectivity index (χ1) is 4.83. The molecule has 1 rings (SSSR count). The maximum absolute atomic E-state index is 3.34. The number of rotatable bonds is 3. The quantitative estimate of drug-likeness (QED) is 0.676. The summed E-state index contributed by atoms with van der Waals surface area (Å²) in [6.45, 7) is 4.39. The van der Waals surface area contributed by atoms with Crippen molar-refractivity contribution in [3.8, 4) is 0 Å². The first kappa shape index (κ1) is 7.99. The topological polar surface area (TPSA) is 12.0 Å². The lowest BCUT2D eigenvalue weighted by Crippen LogP contribution is -2.14. The molecule has 0 amide bonds. The Morgan fingerprint density at radius 2 is 2.50 bits per heavy atom. The molecule has 1 N–H and O–H groups in total. The van der Waals surface area contributed by atoms with E-state index in [4.69, 9.17) is 0 Å². The smallest absolute Gasteiger partial charge is 0.0761 e. The van der Waals surface area contributed by atoms with Crippen molar-refractivity contribution in [1.29, 1.82) is 0 Å². The van der Waals surface area contributed by atoms with Crippen LogP contribution in [0.15, 0.2) is 11.1 Å². The molecule has 0 radical (unpaired) electrons. The molecule has 0 spiro atoms. The summed E-state index contributed by atoms with van der Waals surface area (Å²) in [6.07, 6.45) is 6.06. The Morgan fingerprint density at radius 1 is 1.70 bits per heavy atom. The molecule has 0 aromatic rings. The second-order valence-corrected chi connectivity index (χ2v) is 4.12. The first-order valence-corrected chi connectivity index (χ1v) is 4.80. The minimum absolute atomic E-state index is 0.667. The van der Waals surface area contributed by atoms with Crippen LogP contribution < -0.4 is 5.32 Å². The van der Waals surface area contributed by atoms with Crippen molar-refractivity contribution >= 4 is 11.8 Å². The Balaban J connectivity index is 2.11. The first-order valence-electron chi connectivity index (χ1n) is 3.92. The number of unbranched alkanes of at least 4 members (excludes halogenated alkanes) is 1. The summed E-state index contributed by atoms with van der Waals surface area (Å²) in [7, 11) is 0. The highest BCUT2D eigenvalue weighted by atomic mass is 32.2. The molecule has 0 saturated carbocycles. The predicted molar refractivity (Wildman–Crippen MR) is 47.8 cm³/mol. The van der Waals surface area contributed by atoms with E-state index in [2.05, 4.69) is 25.4 Å². The molecule has 0 aliphatic carbocycles. The highest BCUT2D eigenvalue weighted by Gasteiger charge is 2.12. The normalized spacial score (nSPS) is 24.2. The van der Waals surface area contributed by atoms with Gasteiger partial charge in [0.05, 0.1) is 5.37 Å². The zero-order chi connectivity index (χ0) is 7.40. The molecule has 10 heavy (non-hydrogen) atoms. The molecule has 1 aliphatic rings. The second-order valence-electron chi connectivity index (χ2n) is 2.67. The zero-order valence-electron chi connectivity index (χ0n) is 6.68. The standard InChI is InChI=1S/C8H15NS/c1-3-4-5-8-9-6-7(2)10-8/h6,8-9H,3-5H2,1-2H3. The van der Waals surface area contributed by atoms with Crippen LogP contribution in [0.5, 0.6) is 0 Å². The van der Waals surface area contributed by atoms with Crippen molar-refractivity contribution in [3.05, 3.63) is 11.1 Å². The van der Waals surface area contributed by atoms with Gasteiger partial charge in [-0.1, -0.05) is 19.8 Å². The summed E-state index contributed by atoms with van der Waals surface area (Å²) >= 11 is 1.96. The molecule has 1 aliphatic heterocycles. The van der Waals surface area contributed by atoms with E-state index < -0.39 is 0 Å². The van der Waals surface area contributed by atoms with E-state index in [-0.39, 0.29) is 0 Å². The minimum Gasteiger partial charge on any atom is -0.378 e. The predicted octanol–water partition coefficient (Wildman–Crippen LogP) is 2.70. The van der Waals surface area contributed by atoms with E-state index in [1.54, 1.807) is 0 Å². The summed E-state index contributed by atoms with van der Waals surface area (Å²) < 4.78 is 0. The van der Waals surface area contributed by atoms with Crippen molar-refractivity contribution in [2.75, 3.05) is 0 Å². The average molecular weight is 157 g/mol. The van der Waals surface area contributed by atoms with Crippen molar-refractivity contribution in [2.45, 2.75) is 38.5 Å². The third-order valence-electron chi connectivity index (χ3n) is 1.62.